The third kappa shape index (κ3) is 4.30. The predicted molar refractivity (Wildman–Crippen MR) is 119 cm³/mol. The molecular formula is C27H24N2Pt. The van der Waals surface area contributed by atoms with E-state index in [4.69, 9.17) is 9.97 Å². The van der Waals surface area contributed by atoms with Crippen molar-refractivity contribution in [3.05, 3.63) is 107 Å². The van der Waals surface area contributed by atoms with Gasteiger partial charge in [-0.1, -0.05) is 23.3 Å². The van der Waals surface area contributed by atoms with E-state index < -0.39 is 0 Å². The first-order chi connectivity index (χ1) is 14.0. The van der Waals surface area contributed by atoms with Crippen LogP contribution in [0.2, 0.25) is 0 Å². The molecule has 0 bridgehead atoms. The third-order valence-electron chi connectivity index (χ3n) is 5.40. The van der Waals surface area contributed by atoms with E-state index in [-0.39, 0.29) is 26.5 Å². The van der Waals surface area contributed by atoms with Gasteiger partial charge in [0.1, 0.15) is 0 Å². The van der Waals surface area contributed by atoms with E-state index >= 15 is 0 Å². The van der Waals surface area contributed by atoms with Crippen molar-refractivity contribution in [2.75, 3.05) is 0 Å². The summed E-state index contributed by atoms with van der Waals surface area (Å²) in [6.07, 6.45) is 0. The molecule has 0 aliphatic carbocycles. The van der Waals surface area contributed by atoms with Crippen molar-refractivity contribution in [3.63, 3.8) is 0 Å². The van der Waals surface area contributed by atoms with Crippen molar-refractivity contribution in [1.82, 2.24) is 9.97 Å². The van der Waals surface area contributed by atoms with E-state index in [1.165, 1.54) is 0 Å². The predicted octanol–water partition coefficient (Wildman–Crippen LogP) is 6.35. The van der Waals surface area contributed by atoms with Crippen LogP contribution in [0.15, 0.2) is 72.8 Å². The van der Waals surface area contributed by atoms with Crippen molar-refractivity contribution in [2.45, 2.75) is 33.1 Å². The average Bonchev–Trinajstić information content (AvgIpc) is 2.75. The molecule has 0 unspecified atom stereocenters. The fourth-order valence-corrected chi connectivity index (χ4v) is 3.51. The van der Waals surface area contributed by atoms with E-state index in [1.54, 1.807) is 0 Å². The zero-order chi connectivity index (χ0) is 20.4. The molecule has 2 nitrogen and oxygen atoms in total. The Labute approximate surface area is 193 Å². The van der Waals surface area contributed by atoms with Crippen LogP contribution in [0.3, 0.4) is 0 Å². The molecule has 0 fully saturated rings. The maximum atomic E-state index is 5.04. The quantitative estimate of drug-likeness (QED) is 0.267. The molecule has 3 heteroatoms. The fourth-order valence-electron chi connectivity index (χ4n) is 3.51. The molecule has 152 valence electrons. The number of aromatic nitrogens is 2. The number of nitrogens with zero attached hydrogens (tertiary/aromatic N) is 2. The Kier molecular flexibility index (Phi) is 6.68. The molecule has 0 aliphatic rings. The number of hydrogen-bond acceptors (Lipinski definition) is 2. The van der Waals surface area contributed by atoms with E-state index in [2.05, 4.69) is 76.2 Å². The summed E-state index contributed by atoms with van der Waals surface area (Å²) in [5, 5.41) is 0. The van der Waals surface area contributed by atoms with Crippen LogP contribution in [0.25, 0.3) is 22.5 Å². The van der Waals surface area contributed by atoms with Gasteiger partial charge in [-0.25, -0.2) is 0 Å². The van der Waals surface area contributed by atoms with Gasteiger partial charge in [0.2, 0.25) is 0 Å². The van der Waals surface area contributed by atoms with Crippen LogP contribution in [-0.2, 0) is 26.5 Å². The second-order valence-corrected chi connectivity index (χ2v) is 7.90. The van der Waals surface area contributed by atoms with Gasteiger partial charge in [-0.2, -0.15) is 0 Å². The Morgan fingerprint density at radius 2 is 1.07 bits per heavy atom. The van der Waals surface area contributed by atoms with Crippen LogP contribution in [-0.4, -0.2) is 9.97 Å². The van der Waals surface area contributed by atoms with Gasteiger partial charge < -0.3 is 9.97 Å². The number of pyridine rings is 2. The zero-order valence-electron chi connectivity index (χ0n) is 17.6. The van der Waals surface area contributed by atoms with Gasteiger partial charge in [0.15, 0.2) is 0 Å². The Hall–Kier alpha value is -2.57. The van der Waals surface area contributed by atoms with Gasteiger partial charge in [-0.3, -0.25) is 0 Å². The molecule has 0 spiro atoms. The molecule has 0 saturated carbocycles. The fraction of sp³-hybridized carbons (Fsp3) is 0.185. The molecule has 2 aromatic carbocycles. The van der Waals surface area contributed by atoms with Gasteiger partial charge >= 0.3 is 21.1 Å². The van der Waals surface area contributed by atoms with Gasteiger partial charge in [0, 0.05) is 16.8 Å². The van der Waals surface area contributed by atoms with Crippen LogP contribution in [0.5, 0.6) is 0 Å². The first kappa shape index (κ1) is 22.1. The number of aryl methyl sites for hydroxylation is 2. The molecule has 30 heavy (non-hydrogen) atoms. The smallest absolute Gasteiger partial charge is 0.300 e. The normalized spacial score (nSPS) is 11.1. The molecule has 2 aromatic heterocycles. The van der Waals surface area contributed by atoms with Gasteiger partial charge in [-0.05, 0) is 51.2 Å². The zero-order valence-corrected chi connectivity index (χ0v) is 19.9. The molecular weight excluding hydrogens is 547 g/mol. The van der Waals surface area contributed by atoms with Crippen LogP contribution < -0.4 is 0 Å². The summed E-state index contributed by atoms with van der Waals surface area (Å²) in [6.45, 7) is 8.54. The molecule has 0 radical (unpaired) electrons. The number of rotatable bonds is 4. The van der Waals surface area contributed by atoms with E-state index in [0.717, 1.165) is 45.0 Å². The Morgan fingerprint density at radius 1 is 0.633 bits per heavy atom. The summed E-state index contributed by atoms with van der Waals surface area (Å²) in [5.74, 6) is 0. The number of benzene rings is 2. The maximum Gasteiger partial charge on any atom is 2.00 e. The van der Waals surface area contributed by atoms with Crippen molar-refractivity contribution in [1.29, 1.82) is 0 Å². The first-order valence-corrected chi connectivity index (χ1v) is 9.87. The van der Waals surface area contributed by atoms with Crippen molar-refractivity contribution >= 4 is 0 Å². The number of hydrogen-bond donors (Lipinski definition) is 0. The molecule has 4 aromatic rings. The molecule has 0 N–H and O–H groups in total. The second-order valence-electron chi connectivity index (χ2n) is 7.90. The maximum absolute atomic E-state index is 5.04. The minimum Gasteiger partial charge on any atom is -0.300 e. The van der Waals surface area contributed by atoms with Gasteiger partial charge in [0.25, 0.3) is 0 Å². The minimum atomic E-state index is -0.339. The summed E-state index contributed by atoms with van der Waals surface area (Å²) in [7, 11) is 0. The van der Waals surface area contributed by atoms with Crippen molar-refractivity contribution in [2.24, 2.45) is 0 Å². The molecule has 0 amide bonds. The van der Waals surface area contributed by atoms with Gasteiger partial charge in [-0.15, -0.1) is 71.8 Å². The third-order valence-corrected chi connectivity index (χ3v) is 5.40. The Bertz CT molecular complexity index is 1050. The summed E-state index contributed by atoms with van der Waals surface area (Å²) in [6, 6.07) is 31.1. The van der Waals surface area contributed by atoms with Crippen molar-refractivity contribution < 1.29 is 21.1 Å². The van der Waals surface area contributed by atoms with Crippen molar-refractivity contribution in [3.8, 4) is 22.5 Å². The van der Waals surface area contributed by atoms with Crippen LogP contribution in [0, 0.1) is 26.0 Å². The van der Waals surface area contributed by atoms with Crippen LogP contribution in [0.4, 0.5) is 0 Å². The largest absolute Gasteiger partial charge is 2.00 e. The summed E-state index contributed by atoms with van der Waals surface area (Å²) < 4.78 is 0. The Morgan fingerprint density at radius 3 is 1.43 bits per heavy atom. The molecule has 0 aliphatic heterocycles. The summed E-state index contributed by atoms with van der Waals surface area (Å²) in [5.41, 5.74) is 7.91. The molecule has 4 rings (SSSR count). The first-order valence-electron chi connectivity index (χ1n) is 9.87. The SMILES string of the molecule is Cc1ccc(C(C)(C)c2ccc(C)c(-c3[c-]cccc3)n2)nc1-c1[c-]cccc1.[Pt+2]. The van der Waals surface area contributed by atoms with Gasteiger partial charge in [0.05, 0.1) is 0 Å². The van der Waals surface area contributed by atoms with Crippen LogP contribution in [0.1, 0.15) is 36.4 Å². The molecule has 0 saturated heterocycles. The molecule has 0 atom stereocenters. The van der Waals surface area contributed by atoms with E-state index in [0.29, 0.717) is 0 Å². The Balaban J connectivity index is 0.00000256. The summed E-state index contributed by atoms with van der Waals surface area (Å²) in [4.78, 5) is 10.1. The van der Waals surface area contributed by atoms with Crippen LogP contribution >= 0.6 is 0 Å². The van der Waals surface area contributed by atoms with E-state index in [9.17, 15) is 0 Å². The second kappa shape index (κ2) is 9.06. The topological polar surface area (TPSA) is 25.8 Å². The van der Waals surface area contributed by atoms with E-state index in [1.807, 2.05) is 36.4 Å². The minimum absolute atomic E-state index is 0. The molecule has 2 heterocycles. The summed E-state index contributed by atoms with van der Waals surface area (Å²) >= 11 is 0. The standard InChI is InChI=1S/C27H24N2.Pt/c1-19-15-17-23(28-25(19)21-11-7-5-8-12-21)27(3,4)24-18-16-20(2)26(29-24)22-13-9-6-10-14-22;/h5-11,13,15-18H,1-4H3;/q-2;+2. The average molecular weight is 572 g/mol. The monoisotopic (exact) mass is 571 g/mol.